The zero-order chi connectivity index (χ0) is 16.8. The molecule has 0 radical (unpaired) electrons. The van der Waals surface area contributed by atoms with Gasteiger partial charge in [-0.2, -0.15) is 14.6 Å². The third-order valence-corrected chi connectivity index (χ3v) is 6.02. The van der Waals surface area contributed by atoms with Crippen molar-refractivity contribution in [2.45, 2.75) is 32.7 Å². The highest BCUT2D eigenvalue weighted by atomic mass is 32.2. The fourth-order valence-corrected chi connectivity index (χ4v) is 3.85. The molecule has 2 aromatic rings. The smallest absolute Gasteiger partial charge is 0.254 e. The van der Waals surface area contributed by atoms with Gasteiger partial charge in [0, 0.05) is 37.4 Å². The summed E-state index contributed by atoms with van der Waals surface area (Å²) in [5, 5.41) is 4.28. The summed E-state index contributed by atoms with van der Waals surface area (Å²) < 4.78 is 26.7. The van der Waals surface area contributed by atoms with E-state index in [1.54, 1.807) is 11.6 Å². The summed E-state index contributed by atoms with van der Waals surface area (Å²) in [6.07, 6.45) is 4.35. The van der Waals surface area contributed by atoms with Crippen LogP contribution in [0.4, 0.5) is 5.82 Å². The second-order valence-corrected chi connectivity index (χ2v) is 8.16. The monoisotopic (exact) mass is 338 g/mol. The maximum Gasteiger partial charge on any atom is 0.254 e. The molecule has 1 saturated heterocycles. The van der Waals surface area contributed by atoms with E-state index in [0.29, 0.717) is 5.78 Å². The average molecular weight is 338 g/mol. The molecule has 126 valence electrons. The number of nitrogens with zero attached hydrogens (tertiary/aromatic N) is 6. The minimum atomic E-state index is -3.15. The molecule has 1 fully saturated rings. The van der Waals surface area contributed by atoms with Crippen LogP contribution in [0.5, 0.6) is 0 Å². The largest absolute Gasteiger partial charge is 0.356 e. The van der Waals surface area contributed by atoms with Crippen LogP contribution in [0.1, 0.15) is 24.1 Å². The molecule has 0 bridgehead atoms. The Morgan fingerprint density at radius 3 is 2.52 bits per heavy atom. The molecule has 0 atom stereocenters. The lowest BCUT2D eigenvalue weighted by Crippen LogP contribution is -2.46. The van der Waals surface area contributed by atoms with E-state index in [-0.39, 0.29) is 6.04 Å². The predicted octanol–water partition coefficient (Wildman–Crippen LogP) is 0.601. The van der Waals surface area contributed by atoms with Crippen molar-refractivity contribution in [2.24, 2.45) is 0 Å². The fourth-order valence-electron chi connectivity index (χ4n) is 3.10. The summed E-state index contributed by atoms with van der Waals surface area (Å²) in [7, 11) is -1.49. The van der Waals surface area contributed by atoms with Crippen molar-refractivity contribution in [1.29, 1.82) is 0 Å². The number of hydrogen-bond donors (Lipinski definition) is 0. The van der Waals surface area contributed by atoms with Crippen molar-refractivity contribution in [1.82, 2.24) is 23.9 Å². The van der Waals surface area contributed by atoms with Gasteiger partial charge in [-0.15, -0.1) is 0 Å². The summed E-state index contributed by atoms with van der Waals surface area (Å²) in [5.74, 6) is 1.60. The molecular formula is C14H22N6O2S. The molecule has 2 aromatic heterocycles. The number of rotatable bonds is 3. The molecule has 3 heterocycles. The van der Waals surface area contributed by atoms with Gasteiger partial charge in [-0.25, -0.2) is 17.7 Å². The second kappa shape index (κ2) is 5.72. The summed E-state index contributed by atoms with van der Waals surface area (Å²) in [4.78, 5) is 10.9. The predicted molar refractivity (Wildman–Crippen MR) is 88.1 cm³/mol. The van der Waals surface area contributed by atoms with Gasteiger partial charge in [-0.05, 0) is 26.7 Å². The molecular weight excluding hydrogens is 316 g/mol. The third kappa shape index (κ3) is 2.90. The Labute approximate surface area is 136 Å². The number of aromatic nitrogens is 4. The zero-order valence-electron chi connectivity index (χ0n) is 13.9. The van der Waals surface area contributed by atoms with Gasteiger partial charge in [0.25, 0.3) is 5.78 Å². The van der Waals surface area contributed by atoms with Gasteiger partial charge >= 0.3 is 0 Å². The van der Waals surface area contributed by atoms with Gasteiger partial charge < -0.3 is 4.90 Å². The molecule has 0 N–H and O–H groups in total. The highest BCUT2D eigenvalue weighted by molar-refractivity contribution is 7.88. The minimum absolute atomic E-state index is 0.0516. The summed E-state index contributed by atoms with van der Waals surface area (Å²) in [6, 6.07) is 0.0516. The van der Waals surface area contributed by atoms with Crippen LogP contribution in [0.2, 0.25) is 0 Å². The molecule has 0 unspecified atom stereocenters. The van der Waals surface area contributed by atoms with E-state index in [1.807, 2.05) is 13.8 Å². The molecule has 0 aliphatic carbocycles. The van der Waals surface area contributed by atoms with E-state index in [0.717, 1.165) is 43.0 Å². The molecule has 1 aliphatic heterocycles. The van der Waals surface area contributed by atoms with Crippen LogP contribution in [-0.4, -0.2) is 64.7 Å². The Balaban J connectivity index is 1.86. The highest BCUT2D eigenvalue weighted by Crippen LogP contribution is 2.27. The van der Waals surface area contributed by atoms with Crippen LogP contribution >= 0.6 is 0 Å². The van der Waals surface area contributed by atoms with E-state index >= 15 is 0 Å². The molecule has 0 spiro atoms. The average Bonchev–Trinajstić information content (AvgIpc) is 2.94. The lowest BCUT2D eigenvalue weighted by atomic mass is 10.0. The first kappa shape index (κ1) is 16.1. The topological polar surface area (TPSA) is 83.7 Å². The van der Waals surface area contributed by atoms with Gasteiger partial charge in [0.1, 0.15) is 12.1 Å². The van der Waals surface area contributed by atoms with E-state index < -0.39 is 10.0 Å². The lowest BCUT2D eigenvalue weighted by Gasteiger charge is -2.37. The van der Waals surface area contributed by atoms with Gasteiger partial charge in [0.15, 0.2) is 0 Å². The lowest BCUT2D eigenvalue weighted by molar-refractivity contribution is 0.313. The van der Waals surface area contributed by atoms with Crippen molar-refractivity contribution in [2.75, 3.05) is 31.3 Å². The van der Waals surface area contributed by atoms with E-state index in [4.69, 9.17) is 0 Å². The van der Waals surface area contributed by atoms with Crippen LogP contribution in [0, 0.1) is 13.8 Å². The van der Waals surface area contributed by atoms with Crippen LogP contribution in [0.15, 0.2) is 6.33 Å². The first-order chi connectivity index (χ1) is 10.8. The van der Waals surface area contributed by atoms with Crippen molar-refractivity contribution in [3.8, 4) is 0 Å². The number of fused-ring (bicyclic) bond motifs is 1. The van der Waals surface area contributed by atoms with Crippen LogP contribution < -0.4 is 4.90 Å². The molecule has 3 rings (SSSR count). The zero-order valence-corrected chi connectivity index (χ0v) is 14.7. The summed E-state index contributed by atoms with van der Waals surface area (Å²) in [5.41, 5.74) is 2.02. The maximum absolute atomic E-state index is 11.7. The standard InChI is InChI=1S/C14H22N6O2S/c1-10-11(2)17-14-15-9-16-20(14)13(10)19-7-5-12(6-8-19)18(3)23(4,21)22/h9,12H,5-8H2,1-4H3. The molecule has 0 aromatic carbocycles. The highest BCUT2D eigenvalue weighted by Gasteiger charge is 2.29. The second-order valence-electron chi connectivity index (χ2n) is 6.12. The van der Waals surface area contributed by atoms with E-state index in [1.165, 1.54) is 16.9 Å². The molecule has 1 aliphatic rings. The Kier molecular flexibility index (Phi) is 4.01. The Bertz CT molecular complexity index is 823. The minimum Gasteiger partial charge on any atom is -0.356 e. The molecule has 8 nitrogen and oxygen atoms in total. The van der Waals surface area contributed by atoms with Crippen molar-refractivity contribution in [3.63, 3.8) is 0 Å². The van der Waals surface area contributed by atoms with E-state index in [9.17, 15) is 8.42 Å². The maximum atomic E-state index is 11.7. The number of hydrogen-bond acceptors (Lipinski definition) is 6. The van der Waals surface area contributed by atoms with Gasteiger partial charge in [-0.3, -0.25) is 0 Å². The van der Waals surface area contributed by atoms with Crippen LogP contribution in [0.25, 0.3) is 5.78 Å². The number of aryl methyl sites for hydroxylation is 1. The summed E-state index contributed by atoms with van der Waals surface area (Å²) in [6.45, 7) is 5.57. The molecule has 9 heteroatoms. The molecule has 0 saturated carbocycles. The van der Waals surface area contributed by atoms with Gasteiger partial charge in [0.2, 0.25) is 10.0 Å². The van der Waals surface area contributed by atoms with Crippen LogP contribution in [-0.2, 0) is 10.0 Å². The number of piperidine rings is 1. The van der Waals surface area contributed by atoms with Crippen molar-refractivity contribution in [3.05, 3.63) is 17.6 Å². The molecule has 23 heavy (non-hydrogen) atoms. The number of anilines is 1. The van der Waals surface area contributed by atoms with E-state index in [2.05, 4.69) is 20.0 Å². The Morgan fingerprint density at radius 2 is 1.91 bits per heavy atom. The first-order valence-corrected chi connectivity index (χ1v) is 9.48. The summed E-state index contributed by atoms with van der Waals surface area (Å²) >= 11 is 0. The fraction of sp³-hybridized carbons (Fsp3) is 0.643. The molecule has 0 amide bonds. The van der Waals surface area contributed by atoms with Gasteiger partial charge in [-0.1, -0.05) is 0 Å². The Morgan fingerprint density at radius 1 is 1.26 bits per heavy atom. The normalized spacial score (nSPS) is 17.3. The van der Waals surface area contributed by atoms with Crippen LogP contribution in [0.3, 0.4) is 0 Å². The van der Waals surface area contributed by atoms with Gasteiger partial charge in [0.05, 0.1) is 6.26 Å². The van der Waals surface area contributed by atoms with Crippen molar-refractivity contribution < 1.29 is 8.42 Å². The number of sulfonamides is 1. The first-order valence-electron chi connectivity index (χ1n) is 7.64. The quantitative estimate of drug-likeness (QED) is 0.815. The Hall–Kier alpha value is -1.74. The SMILES string of the molecule is Cc1nc2ncnn2c(N2CCC(N(C)S(C)(=O)=O)CC2)c1C. The third-order valence-electron chi connectivity index (χ3n) is 4.68. The van der Waals surface area contributed by atoms with Crippen molar-refractivity contribution >= 4 is 21.6 Å².